The molecule has 130 valence electrons. The predicted octanol–water partition coefficient (Wildman–Crippen LogP) is 2.48. The Morgan fingerprint density at radius 3 is 2.40 bits per heavy atom. The van der Waals surface area contributed by atoms with Gasteiger partial charge in [-0.25, -0.2) is 8.42 Å². The molecule has 25 heavy (non-hydrogen) atoms. The second kappa shape index (κ2) is 6.60. The van der Waals surface area contributed by atoms with Gasteiger partial charge in [-0.1, -0.05) is 30.3 Å². The summed E-state index contributed by atoms with van der Waals surface area (Å²) in [6, 6.07) is 16.6. The highest BCUT2D eigenvalue weighted by Crippen LogP contribution is 2.18. The molecule has 2 N–H and O–H groups in total. The van der Waals surface area contributed by atoms with E-state index < -0.39 is 10.0 Å². The molecule has 0 saturated carbocycles. The minimum Gasteiger partial charge on any atom is -0.347 e. The van der Waals surface area contributed by atoms with E-state index in [1.165, 1.54) is 0 Å². The number of carbonyl (C=O) groups is 1. The fourth-order valence-electron chi connectivity index (χ4n) is 2.68. The van der Waals surface area contributed by atoms with E-state index >= 15 is 0 Å². The van der Waals surface area contributed by atoms with Crippen LogP contribution in [0.1, 0.15) is 16.1 Å². The molecule has 3 aromatic rings. The maximum Gasteiger partial charge on any atom is 0.268 e. The largest absolute Gasteiger partial charge is 0.347 e. The molecule has 0 saturated heterocycles. The number of benzene rings is 2. The van der Waals surface area contributed by atoms with Gasteiger partial charge in [0.1, 0.15) is 5.69 Å². The number of aryl methyl sites for hydroxylation is 1. The number of rotatable bonds is 5. The SMILES string of the molecule is Cn1c(C(=O)NCc2ccc(NS(C)(=O)=O)cc2)cc2ccccc21. The number of nitrogens with one attached hydrogen (secondary N) is 2. The normalized spacial score (nSPS) is 11.4. The van der Waals surface area contributed by atoms with Gasteiger partial charge in [0, 0.05) is 30.2 Å². The zero-order valence-corrected chi connectivity index (χ0v) is 14.8. The van der Waals surface area contributed by atoms with Crippen molar-refractivity contribution in [1.29, 1.82) is 0 Å². The van der Waals surface area contributed by atoms with Crippen molar-refractivity contribution in [3.05, 3.63) is 65.9 Å². The molecule has 0 unspecified atom stereocenters. The van der Waals surface area contributed by atoms with E-state index in [0.29, 0.717) is 17.9 Å². The first kappa shape index (κ1) is 17.0. The number of hydrogen-bond acceptors (Lipinski definition) is 3. The van der Waals surface area contributed by atoms with Crippen molar-refractivity contribution < 1.29 is 13.2 Å². The summed E-state index contributed by atoms with van der Waals surface area (Å²) < 4.78 is 26.7. The van der Waals surface area contributed by atoms with E-state index in [2.05, 4.69) is 10.0 Å². The summed E-state index contributed by atoms with van der Waals surface area (Å²) in [5.41, 5.74) is 2.97. The first-order valence-corrected chi connectivity index (χ1v) is 9.62. The number of amides is 1. The van der Waals surface area contributed by atoms with Crippen LogP contribution in [-0.2, 0) is 23.6 Å². The van der Waals surface area contributed by atoms with Crippen molar-refractivity contribution in [3.8, 4) is 0 Å². The molecule has 1 heterocycles. The number of anilines is 1. The van der Waals surface area contributed by atoms with E-state index in [4.69, 9.17) is 0 Å². The number of carbonyl (C=O) groups excluding carboxylic acids is 1. The molecular weight excluding hydrogens is 338 g/mol. The van der Waals surface area contributed by atoms with E-state index in [0.717, 1.165) is 22.7 Å². The van der Waals surface area contributed by atoms with Gasteiger partial charge in [-0.2, -0.15) is 0 Å². The third-order valence-corrected chi connectivity index (χ3v) is 4.50. The molecule has 3 rings (SSSR count). The Hall–Kier alpha value is -2.80. The fourth-order valence-corrected chi connectivity index (χ4v) is 3.25. The number of fused-ring (bicyclic) bond motifs is 1. The molecule has 1 amide bonds. The van der Waals surface area contributed by atoms with Crippen LogP contribution in [0.5, 0.6) is 0 Å². The highest BCUT2D eigenvalue weighted by molar-refractivity contribution is 7.92. The van der Waals surface area contributed by atoms with Crippen molar-refractivity contribution in [3.63, 3.8) is 0 Å². The summed E-state index contributed by atoms with van der Waals surface area (Å²) in [7, 11) is -1.43. The van der Waals surface area contributed by atoms with Crippen LogP contribution < -0.4 is 10.0 Å². The Balaban J connectivity index is 1.68. The third kappa shape index (κ3) is 4.00. The van der Waals surface area contributed by atoms with Crippen molar-refractivity contribution in [2.24, 2.45) is 7.05 Å². The Morgan fingerprint density at radius 1 is 1.08 bits per heavy atom. The average molecular weight is 357 g/mol. The minimum absolute atomic E-state index is 0.156. The molecule has 0 fully saturated rings. The van der Waals surface area contributed by atoms with E-state index in [9.17, 15) is 13.2 Å². The standard InChI is InChI=1S/C18H19N3O3S/c1-21-16-6-4-3-5-14(16)11-17(21)18(22)19-12-13-7-9-15(10-8-13)20-25(2,23)24/h3-11,20H,12H2,1-2H3,(H,19,22). The lowest BCUT2D eigenvalue weighted by Gasteiger charge is -2.08. The zero-order chi connectivity index (χ0) is 18.0. The molecule has 6 nitrogen and oxygen atoms in total. The van der Waals surface area contributed by atoms with Crippen molar-refractivity contribution in [2.45, 2.75) is 6.54 Å². The van der Waals surface area contributed by atoms with Gasteiger partial charge < -0.3 is 9.88 Å². The third-order valence-electron chi connectivity index (χ3n) is 3.89. The van der Waals surface area contributed by atoms with Gasteiger partial charge in [0.25, 0.3) is 5.91 Å². The number of nitrogens with zero attached hydrogens (tertiary/aromatic N) is 1. The number of sulfonamides is 1. The second-order valence-corrected chi connectivity index (χ2v) is 7.65. The Bertz CT molecular complexity index is 1020. The van der Waals surface area contributed by atoms with Gasteiger partial charge in [-0.3, -0.25) is 9.52 Å². The lowest BCUT2D eigenvalue weighted by molar-refractivity contribution is 0.0943. The van der Waals surface area contributed by atoms with Crippen LogP contribution in [0.3, 0.4) is 0 Å². The maximum absolute atomic E-state index is 12.4. The summed E-state index contributed by atoms with van der Waals surface area (Å²) in [4.78, 5) is 12.4. The average Bonchev–Trinajstić information content (AvgIpc) is 2.90. The van der Waals surface area contributed by atoms with Crippen LogP contribution in [-0.4, -0.2) is 25.1 Å². The molecular formula is C18H19N3O3S. The van der Waals surface area contributed by atoms with Crippen LogP contribution in [0.25, 0.3) is 10.9 Å². The van der Waals surface area contributed by atoms with Crippen LogP contribution in [0.4, 0.5) is 5.69 Å². The summed E-state index contributed by atoms with van der Waals surface area (Å²) >= 11 is 0. The van der Waals surface area contributed by atoms with Crippen LogP contribution in [0.15, 0.2) is 54.6 Å². The quantitative estimate of drug-likeness (QED) is 0.736. The van der Waals surface area contributed by atoms with Crippen LogP contribution >= 0.6 is 0 Å². The van der Waals surface area contributed by atoms with E-state index in [1.807, 2.05) is 41.9 Å². The molecule has 0 radical (unpaired) electrons. The molecule has 0 bridgehead atoms. The van der Waals surface area contributed by atoms with Crippen LogP contribution in [0.2, 0.25) is 0 Å². The predicted molar refractivity (Wildman–Crippen MR) is 99.0 cm³/mol. The van der Waals surface area contributed by atoms with Crippen molar-refractivity contribution in [1.82, 2.24) is 9.88 Å². The molecule has 0 aliphatic carbocycles. The smallest absolute Gasteiger partial charge is 0.268 e. The Labute approximate surface area is 146 Å². The molecule has 1 aromatic heterocycles. The minimum atomic E-state index is -3.29. The maximum atomic E-state index is 12.4. The lowest BCUT2D eigenvalue weighted by atomic mass is 10.2. The lowest BCUT2D eigenvalue weighted by Crippen LogP contribution is -2.24. The molecule has 7 heteroatoms. The Morgan fingerprint density at radius 2 is 1.76 bits per heavy atom. The molecule has 0 aliphatic heterocycles. The van der Waals surface area contributed by atoms with Crippen molar-refractivity contribution in [2.75, 3.05) is 11.0 Å². The molecule has 0 atom stereocenters. The summed E-state index contributed by atoms with van der Waals surface area (Å²) in [5.74, 6) is -0.156. The number of aromatic nitrogens is 1. The van der Waals surface area contributed by atoms with Gasteiger partial charge in [0.2, 0.25) is 10.0 Å². The van der Waals surface area contributed by atoms with Gasteiger partial charge in [0.15, 0.2) is 0 Å². The Kier molecular flexibility index (Phi) is 4.50. The molecule has 0 spiro atoms. The van der Waals surface area contributed by atoms with Crippen LogP contribution in [0, 0.1) is 0 Å². The van der Waals surface area contributed by atoms with Gasteiger partial charge >= 0.3 is 0 Å². The van der Waals surface area contributed by atoms with Gasteiger partial charge in [-0.05, 0) is 29.8 Å². The summed E-state index contributed by atoms with van der Waals surface area (Å²) in [6.45, 7) is 0.361. The summed E-state index contributed by atoms with van der Waals surface area (Å²) in [6.07, 6.45) is 1.10. The highest BCUT2D eigenvalue weighted by atomic mass is 32.2. The first-order chi connectivity index (χ1) is 11.8. The van der Waals surface area contributed by atoms with Gasteiger partial charge in [0.05, 0.1) is 6.26 Å². The second-order valence-electron chi connectivity index (χ2n) is 5.90. The van der Waals surface area contributed by atoms with Crippen molar-refractivity contribution >= 4 is 32.5 Å². The van der Waals surface area contributed by atoms with E-state index in [1.54, 1.807) is 24.3 Å². The molecule has 2 aromatic carbocycles. The fraction of sp³-hybridized carbons (Fsp3) is 0.167. The zero-order valence-electron chi connectivity index (χ0n) is 14.0. The first-order valence-electron chi connectivity index (χ1n) is 7.73. The number of hydrogen-bond donors (Lipinski definition) is 2. The topological polar surface area (TPSA) is 80.2 Å². The molecule has 0 aliphatic rings. The van der Waals surface area contributed by atoms with Gasteiger partial charge in [-0.15, -0.1) is 0 Å². The van der Waals surface area contributed by atoms with E-state index in [-0.39, 0.29) is 5.91 Å². The summed E-state index contributed by atoms with van der Waals surface area (Å²) in [5, 5.41) is 3.91. The number of para-hydroxylation sites is 1. The monoisotopic (exact) mass is 357 g/mol. The highest BCUT2D eigenvalue weighted by Gasteiger charge is 2.12.